The van der Waals surface area contributed by atoms with Crippen molar-refractivity contribution in [2.45, 2.75) is 31.8 Å². The minimum atomic E-state index is -0.00230. The lowest BCUT2D eigenvalue weighted by Crippen LogP contribution is -2.31. The third-order valence-corrected chi connectivity index (χ3v) is 3.94. The van der Waals surface area contributed by atoms with Gasteiger partial charge in [-0.2, -0.15) is 0 Å². The van der Waals surface area contributed by atoms with Crippen molar-refractivity contribution in [3.05, 3.63) is 30.0 Å². The van der Waals surface area contributed by atoms with Gasteiger partial charge in [0.15, 0.2) is 0 Å². The molecule has 1 aromatic carbocycles. The summed E-state index contributed by atoms with van der Waals surface area (Å²) in [6.07, 6.45) is 3.11. The molecule has 122 valence electrons. The van der Waals surface area contributed by atoms with Crippen molar-refractivity contribution in [2.75, 3.05) is 20.3 Å². The molecular weight excluding hydrogens is 294 g/mol. The van der Waals surface area contributed by atoms with Crippen LogP contribution in [0.25, 0.3) is 11.0 Å². The highest BCUT2D eigenvalue weighted by molar-refractivity contribution is 5.77. The molecule has 1 aromatic heterocycles. The molecule has 0 spiro atoms. The number of hydrogen-bond donors (Lipinski definition) is 1. The Bertz CT molecular complexity index is 684. The van der Waals surface area contributed by atoms with Gasteiger partial charge in [-0.1, -0.05) is 12.1 Å². The van der Waals surface area contributed by atoms with Gasteiger partial charge in [0.25, 0.3) is 0 Å². The zero-order valence-electron chi connectivity index (χ0n) is 13.2. The molecule has 1 amide bonds. The number of amides is 1. The second kappa shape index (κ2) is 7.37. The Hall–Kier alpha value is -2.21. The predicted octanol–water partition coefficient (Wildman–Crippen LogP) is 1.87. The van der Waals surface area contributed by atoms with Crippen molar-refractivity contribution in [3.8, 4) is 5.88 Å². The SMILES string of the molecule is COc1nc2ccccc2nc1CCC(=O)NCC1CCCO1. The van der Waals surface area contributed by atoms with Gasteiger partial charge in [0.1, 0.15) is 5.69 Å². The van der Waals surface area contributed by atoms with Gasteiger partial charge in [0, 0.05) is 26.0 Å². The number of fused-ring (bicyclic) bond motifs is 1. The number of carbonyl (C=O) groups excluding carboxylic acids is 1. The minimum Gasteiger partial charge on any atom is -0.480 e. The standard InChI is InChI=1S/C17H21N3O3/c1-22-17-15(19-13-6-2-3-7-14(13)20-17)8-9-16(21)18-11-12-5-4-10-23-12/h2-3,6-7,12H,4-5,8-11H2,1H3,(H,18,21). The summed E-state index contributed by atoms with van der Waals surface area (Å²) in [6, 6.07) is 7.63. The fourth-order valence-electron chi connectivity index (χ4n) is 2.70. The molecule has 1 fully saturated rings. The minimum absolute atomic E-state index is 0.00230. The predicted molar refractivity (Wildman–Crippen MR) is 86.4 cm³/mol. The highest BCUT2D eigenvalue weighted by Crippen LogP contribution is 2.19. The number of carbonyl (C=O) groups is 1. The van der Waals surface area contributed by atoms with Gasteiger partial charge in [0.2, 0.25) is 11.8 Å². The maximum Gasteiger partial charge on any atom is 0.235 e. The molecule has 0 bridgehead atoms. The Morgan fingerprint density at radius 3 is 2.83 bits per heavy atom. The van der Waals surface area contributed by atoms with Crippen molar-refractivity contribution < 1.29 is 14.3 Å². The second-order valence-corrected chi connectivity index (χ2v) is 5.61. The summed E-state index contributed by atoms with van der Waals surface area (Å²) < 4.78 is 10.8. The quantitative estimate of drug-likeness (QED) is 0.881. The van der Waals surface area contributed by atoms with Crippen LogP contribution < -0.4 is 10.1 Å². The Morgan fingerprint density at radius 1 is 1.35 bits per heavy atom. The van der Waals surface area contributed by atoms with E-state index in [1.165, 1.54) is 0 Å². The molecule has 6 heteroatoms. The highest BCUT2D eigenvalue weighted by atomic mass is 16.5. The maximum atomic E-state index is 12.0. The molecule has 1 aliphatic heterocycles. The summed E-state index contributed by atoms with van der Waals surface area (Å²) in [4.78, 5) is 21.0. The summed E-state index contributed by atoms with van der Waals surface area (Å²) in [5.41, 5.74) is 2.30. The molecule has 0 radical (unpaired) electrons. The van der Waals surface area contributed by atoms with Crippen LogP contribution in [0.15, 0.2) is 24.3 Å². The molecule has 6 nitrogen and oxygen atoms in total. The molecular formula is C17H21N3O3. The van der Waals surface area contributed by atoms with Crippen LogP contribution in [0.4, 0.5) is 0 Å². The van der Waals surface area contributed by atoms with Gasteiger partial charge in [0.05, 0.1) is 24.2 Å². The van der Waals surface area contributed by atoms with Crippen LogP contribution in [-0.2, 0) is 16.0 Å². The van der Waals surface area contributed by atoms with Gasteiger partial charge >= 0.3 is 0 Å². The average Bonchev–Trinajstić information content (AvgIpc) is 3.10. The lowest BCUT2D eigenvalue weighted by molar-refractivity contribution is -0.121. The monoisotopic (exact) mass is 315 g/mol. The fourth-order valence-corrected chi connectivity index (χ4v) is 2.70. The lowest BCUT2D eigenvalue weighted by atomic mass is 10.2. The summed E-state index contributed by atoms with van der Waals surface area (Å²) in [6.45, 7) is 1.38. The first-order valence-corrected chi connectivity index (χ1v) is 7.94. The normalized spacial score (nSPS) is 17.3. The number of nitrogens with one attached hydrogen (secondary N) is 1. The average molecular weight is 315 g/mol. The molecule has 1 saturated heterocycles. The molecule has 1 N–H and O–H groups in total. The zero-order chi connectivity index (χ0) is 16.1. The van der Waals surface area contributed by atoms with E-state index in [-0.39, 0.29) is 12.0 Å². The van der Waals surface area contributed by atoms with Gasteiger partial charge < -0.3 is 14.8 Å². The van der Waals surface area contributed by atoms with Crippen molar-refractivity contribution in [2.24, 2.45) is 0 Å². The van der Waals surface area contributed by atoms with Crippen LogP contribution in [-0.4, -0.2) is 42.2 Å². The number of para-hydroxylation sites is 2. The van der Waals surface area contributed by atoms with Crippen LogP contribution >= 0.6 is 0 Å². The molecule has 23 heavy (non-hydrogen) atoms. The number of aromatic nitrogens is 2. The Labute approximate surface area is 135 Å². The third-order valence-electron chi connectivity index (χ3n) is 3.94. The first-order chi connectivity index (χ1) is 11.3. The first-order valence-electron chi connectivity index (χ1n) is 7.94. The Morgan fingerprint density at radius 2 is 2.13 bits per heavy atom. The number of nitrogens with zero attached hydrogens (tertiary/aromatic N) is 2. The number of methoxy groups -OCH3 is 1. The third kappa shape index (κ3) is 3.96. The van der Waals surface area contributed by atoms with E-state index < -0.39 is 0 Å². The molecule has 1 atom stereocenters. The van der Waals surface area contributed by atoms with Gasteiger partial charge in [-0.25, -0.2) is 9.97 Å². The molecule has 0 saturated carbocycles. The molecule has 2 heterocycles. The molecule has 1 unspecified atom stereocenters. The molecule has 2 aromatic rings. The van der Waals surface area contributed by atoms with E-state index in [9.17, 15) is 4.79 Å². The highest BCUT2D eigenvalue weighted by Gasteiger charge is 2.17. The Kier molecular flexibility index (Phi) is 5.02. The van der Waals surface area contributed by atoms with Crippen LogP contribution in [0, 0.1) is 0 Å². The van der Waals surface area contributed by atoms with Gasteiger partial charge in [-0.05, 0) is 25.0 Å². The van der Waals surface area contributed by atoms with Gasteiger partial charge in [-0.3, -0.25) is 4.79 Å². The van der Waals surface area contributed by atoms with Crippen LogP contribution in [0.2, 0.25) is 0 Å². The summed E-state index contributed by atoms with van der Waals surface area (Å²) in [5, 5.41) is 2.92. The maximum absolute atomic E-state index is 12.0. The van der Waals surface area contributed by atoms with Crippen molar-refractivity contribution in [1.82, 2.24) is 15.3 Å². The van der Waals surface area contributed by atoms with E-state index in [2.05, 4.69) is 15.3 Å². The van der Waals surface area contributed by atoms with Crippen LogP contribution in [0.1, 0.15) is 25.0 Å². The number of rotatable bonds is 6. The first kappa shape index (κ1) is 15.7. The van der Waals surface area contributed by atoms with E-state index >= 15 is 0 Å². The van der Waals surface area contributed by atoms with Gasteiger partial charge in [-0.15, -0.1) is 0 Å². The van der Waals surface area contributed by atoms with Crippen molar-refractivity contribution in [1.29, 1.82) is 0 Å². The van der Waals surface area contributed by atoms with E-state index in [4.69, 9.17) is 9.47 Å². The van der Waals surface area contributed by atoms with Crippen molar-refractivity contribution in [3.63, 3.8) is 0 Å². The largest absolute Gasteiger partial charge is 0.480 e. The van der Waals surface area contributed by atoms with Crippen LogP contribution in [0.5, 0.6) is 5.88 Å². The topological polar surface area (TPSA) is 73.3 Å². The summed E-state index contributed by atoms with van der Waals surface area (Å²) in [7, 11) is 1.57. The molecule has 3 rings (SSSR count). The van der Waals surface area contributed by atoms with Crippen molar-refractivity contribution >= 4 is 16.9 Å². The lowest BCUT2D eigenvalue weighted by Gasteiger charge is -2.11. The Balaban J connectivity index is 1.60. The number of aryl methyl sites for hydroxylation is 1. The summed E-state index contributed by atoms with van der Waals surface area (Å²) in [5.74, 6) is 0.480. The van der Waals surface area contributed by atoms with E-state index in [0.29, 0.717) is 31.0 Å². The zero-order valence-corrected chi connectivity index (χ0v) is 13.2. The second-order valence-electron chi connectivity index (χ2n) is 5.61. The number of ether oxygens (including phenoxy) is 2. The smallest absolute Gasteiger partial charge is 0.235 e. The number of benzene rings is 1. The molecule has 1 aliphatic rings. The van der Waals surface area contributed by atoms with E-state index in [0.717, 1.165) is 30.5 Å². The summed E-state index contributed by atoms with van der Waals surface area (Å²) >= 11 is 0. The van der Waals surface area contributed by atoms with Crippen LogP contribution in [0.3, 0.4) is 0 Å². The van der Waals surface area contributed by atoms with E-state index in [1.807, 2.05) is 24.3 Å². The number of hydrogen-bond acceptors (Lipinski definition) is 5. The van der Waals surface area contributed by atoms with E-state index in [1.54, 1.807) is 7.11 Å². The molecule has 0 aliphatic carbocycles. The fraction of sp³-hybridized carbons (Fsp3) is 0.471.